The number of para-hydroxylation sites is 1. The largest absolute Gasteiger partial charge is 0.271 e. The van der Waals surface area contributed by atoms with Gasteiger partial charge in [-0.15, -0.1) is 0 Å². The molecule has 1 aliphatic carbocycles. The van der Waals surface area contributed by atoms with Crippen LogP contribution in [0.3, 0.4) is 0 Å². The summed E-state index contributed by atoms with van der Waals surface area (Å²) in [6.45, 7) is 4.01. The zero-order valence-corrected chi connectivity index (χ0v) is 17.4. The second kappa shape index (κ2) is 7.30. The number of rotatable bonds is 3. The Morgan fingerprint density at radius 3 is 2.45 bits per heavy atom. The highest BCUT2D eigenvalue weighted by atomic mass is 32.2. The maximum Gasteiger partial charge on any atom is 0.264 e. The van der Waals surface area contributed by atoms with E-state index in [1.807, 2.05) is 25.1 Å². The van der Waals surface area contributed by atoms with E-state index in [9.17, 15) is 13.2 Å². The van der Waals surface area contributed by atoms with Crippen LogP contribution in [0.1, 0.15) is 38.2 Å². The second-order valence-electron chi connectivity index (χ2n) is 8.06. The number of guanidine groups is 1. The highest BCUT2D eigenvalue weighted by Crippen LogP contribution is 2.41. The van der Waals surface area contributed by atoms with Crippen LogP contribution in [0.15, 0.2) is 64.5 Å². The van der Waals surface area contributed by atoms with E-state index in [2.05, 4.69) is 11.6 Å². The topological polar surface area (TPSA) is 78.8 Å². The third-order valence-corrected chi connectivity index (χ3v) is 7.02. The fraction of sp³-hybridized carbons (Fsp3) is 0.364. The van der Waals surface area contributed by atoms with Crippen LogP contribution in [0.4, 0.5) is 5.69 Å². The van der Waals surface area contributed by atoms with Crippen molar-refractivity contribution in [3.8, 4) is 0 Å². The summed E-state index contributed by atoms with van der Waals surface area (Å²) >= 11 is 0. The summed E-state index contributed by atoms with van der Waals surface area (Å²) < 4.78 is 28.6. The van der Waals surface area contributed by atoms with E-state index >= 15 is 0 Å². The van der Waals surface area contributed by atoms with Crippen LogP contribution in [0.25, 0.3) is 0 Å². The van der Waals surface area contributed by atoms with Gasteiger partial charge in [-0.05, 0) is 49.9 Å². The molecule has 2 aliphatic rings. The molecule has 2 aromatic carbocycles. The molecular weight excluding hydrogens is 386 g/mol. The van der Waals surface area contributed by atoms with E-state index in [1.165, 1.54) is 4.90 Å². The van der Waals surface area contributed by atoms with Crippen LogP contribution < -0.4 is 9.62 Å². The van der Waals surface area contributed by atoms with Crippen LogP contribution in [0.5, 0.6) is 0 Å². The molecule has 6 nitrogen and oxygen atoms in total. The van der Waals surface area contributed by atoms with Gasteiger partial charge in [-0.2, -0.15) is 0 Å². The summed E-state index contributed by atoms with van der Waals surface area (Å²) in [6, 6.07) is 15.7. The molecule has 0 bridgehead atoms. The number of aliphatic imine (C=N–C) groups is 1. The van der Waals surface area contributed by atoms with Crippen LogP contribution >= 0.6 is 0 Å². The monoisotopic (exact) mass is 411 g/mol. The molecule has 2 unspecified atom stereocenters. The average Bonchev–Trinajstić information content (AvgIpc) is 2.92. The maximum atomic E-state index is 13.5. The minimum atomic E-state index is -3.87. The van der Waals surface area contributed by atoms with Crippen molar-refractivity contribution in [3.05, 3.63) is 60.2 Å². The van der Waals surface area contributed by atoms with Gasteiger partial charge in [0.15, 0.2) is 0 Å². The summed E-state index contributed by atoms with van der Waals surface area (Å²) in [5, 5.41) is 0. The van der Waals surface area contributed by atoms with Crippen LogP contribution in [-0.4, -0.2) is 25.8 Å². The fourth-order valence-corrected chi connectivity index (χ4v) is 5.20. The number of hydrogen-bond donors (Lipinski definition) is 1. The maximum absolute atomic E-state index is 13.5. The molecule has 0 aromatic heterocycles. The minimum absolute atomic E-state index is 0.0795. The van der Waals surface area contributed by atoms with E-state index in [0.717, 1.165) is 18.4 Å². The van der Waals surface area contributed by atoms with Gasteiger partial charge in [0.25, 0.3) is 15.9 Å². The lowest BCUT2D eigenvalue weighted by Gasteiger charge is -2.33. The molecule has 7 heteroatoms. The van der Waals surface area contributed by atoms with Crippen molar-refractivity contribution in [2.24, 2.45) is 10.9 Å². The van der Waals surface area contributed by atoms with Gasteiger partial charge in [0.1, 0.15) is 5.54 Å². The molecule has 29 heavy (non-hydrogen) atoms. The van der Waals surface area contributed by atoms with Gasteiger partial charge in [-0.1, -0.05) is 55.7 Å². The molecule has 1 fully saturated rings. The lowest BCUT2D eigenvalue weighted by atomic mass is 9.76. The molecule has 2 atom stereocenters. The molecule has 1 amide bonds. The minimum Gasteiger partial charge on any atom is -0.271 e. The number of anilines is 1. The Morgan fingerprint density at radius 2 is 1.79 bits per heavy atom. The third-order valence-electron chi connectivity index (χ3n) is 5.68. The van der Waals surface area contributed by atoms with E-state index in [0.29, 0.717) is 24.4 Å². The first-order valence-corrected chi connectivity index (χ1v) is 11.4. The molecule has 1 N–H and O–H groups in total. The Labute approximate surface area is 171 Å². The molecule has 152 valence electrons. The predicted octanol–water partition coefficient (Wildman–Crippen LogP) is 3.63. The SMILES string of the molecule is Cc1ccc(S(=O)(=O)NC2=NC3(CCCC(C)C3)C(=O)N2c2ccccc2)cc1. The molecule has 1 spiro atoms. The smallest absolute Gasteiger partial charge is 0.264 e. The Bertz CT molecular complexity index is 1050. The van der Waals surface area contributed by atoms with Gasteiger partial charge in [0.2, 0.25) is 5.96 Å². The van der Waals surface area contributed by atoms with E-state index in [1.54, 1.807) is 36.4 Å². The lowest BCUT2D eigenvalue weighted by molar-refractivity contribution is -0.123. The molecule has 2 aromatic rings. The molecule has 1 aliphatic heterocycles. The number of carbonyl (C=O) groups excluding carboxylic acids is 1. The average molecular weight is 412 g/mol. The van der Waals surface area contributed by atoms with Crippen LogP contribution in [0.2, 0.25) is 0 Å². The first-order chi connectivity index (χ1) is 13.8. The standard InChI is InChI=1S/C22H25N3O3S/c1-16-10-12-19(13-11-16)29(27,28)24-21-23-22(14-6-7-17(2)15-22)20(26)25(21)18-8-4-3-5-9-18/h3-5,8-13,17H,6-7,14-15H2,1-2H3,(H,23,24). The number of sulfonamides is 1. The van der Waals surface area contributed by atoms with Gasteiger partial charge in [-0.3, -0.25) is 4.79 Å². The Hall–Kier alpha value is -2.67. The first-order valence-electron chi connectivity index (χ1n) is 9.90. The van der Waals surface area contributed by atoms with Gasteiger partial charge >= 0.3 is 0 Å². The lowest BCUT2D eigenvalue weighted by Crippen LogP contribution is -2.48. The van der Waals surface area contributed by atoms with Crippen molar-refractivity contribution in [2.45, 2.75) is 50.0 Å². The van der Waals surface area contributed by atoms with Crippen LogP contribution in [0, 0.1) is 12.8 Å². The number of nitrogens with zero attached hydrogens (tertiary/aromatic N) is 2. The molecule has 1 saturated carbocycles. The molecule has 0 radical (unpaired) electrons. The normalized spacial score (nSPS) is 24.6. The summed E-state index contributed by atoms with van der Waals surface area (Å²) in [6.07, 6.45) is 3.22. The molecule has 1 heterocycles. The van der Waals surface area contributed by atoms with E-state index in [-0.39, 0.29) is 16.8 Å². The van der Waals surface area contributed by atoms with E-state index in [4.69, 9.17) is 4.99 Å². The summed E-state index contributed by atoms with van der Waals surface area (Å²) in [4.78, 5) is 19.7. The number of carbonyl (C=O) groups is 1. The summed E-state index contributed by atoms with van der Waals surface area (Å²) in [5.74, 6) is 0.287. The number of hydrogen-bond acceptors (Lipinski definition) is 4. The number of benzene rings is 2. The number of amides is 1. The van der Waals surface area contributed by atoms with Crippen molar-refractivity contribution in [3.63, 3.8) is 0 Å². The van der Waals surface area contributed by atoms with Crippen molar-refractivity contribution in [1.29, 1.82) is 0 Å². The van der Waals surface area contributed by atoms with Gasteiger partial charge in [0, 0.05) is 0 Å². The van der Waals surface area contributed by atoms with Gasteiger partial charge < -0.3 is 0 Å². The van der Waals surface area contributed by atoms with Gasteiger partial charge in [-0.25, -0.2) is 23.0 Å². The second-order valence-corrected chi connectivity index (χ2v) is 9.75. The van der Waals surface area contributed by atoms with Crippen molar-refractivity contribution < 1.29 is 13.2 Å². The van der Waals surface area contributed by atoms with Crippen LogP contribution in [-0.2, 0) is 14.8 Å². The molecule has 0 saturated heterocycles. The Balaban J connectivity index is 1.74. The number of aryl methyl sites for hydroxylation is 1. The zero-order chi connectivity index (χ0) is 20.6. The van der Waals surface area contributed by atoms with Crippen molar-refractivity contribution in [1.82, 2.24) is 4.72 Å². The first kappa shape index (κ1) is 19.6. The fourth-order valence-electron chi connectivity index (χ4n) is 4.21. The zero-order valence-electron chi connectivity index (χ0n) is 16.6. The summed E-state index contributed by atoms with van der Waals surface area (Å²) in [7, 11) is -3.87. The van der Waals surface area contributed by atoms with E-state index < -0.39 is 15.6 Å². The van der Waals surface area contributed by atoms with Crippen molar-refractivity contribution in [2.75, 3.05) is 4.90 Å². The predicted molar refractivity (Wildman–Crippen MR) is 113 cm³/mol. The Kier molecular flexibility index (Phi) is 4.94. The summed E-state index contributed by atoms with van der Waals surface area (Å²) in [5.41, 5.74) is 0.690. The van der Waals surface area contributed by atoms with Crippen molar-refractivity contribution >= 4 is 27.6 Å². The third kappa shape index (κ3) is 3.67. The van der Waals surface area contributed by atoms with Gasteiger partial charge in [0.05, 0.1) is 10.6 Å². The highest BCUT2D eigenvalue weighted by molar-refractivity contribution is 7.90. The highest BCUT2D eigenvalue weighted by Gasteiger charge is 2.51. The Morgan fingerprint density at radius 1 is 1.10 bits per heavy atom. The molecular formula is C22H25N3O3S. The number of nitrogens with one attached hydrogen (secondary N) is 1. The quantitative estimate of drug-likeness (QED) is 0.838. The molecule has 4 rings (SSSR count).